The van der Waals surface area contributed by atoms with Gasteiger partial charge >= 0.3 is 0 Å². The van der Waals surface area contributed by atoms with Gasteiger partial charge in [0.1, 0.15) is 11.5 Å². The molecule has 0 fully saturated rings. The molecule has 0 radical (unpaired) electrons. The molecule has 0 aliphatic carbocycles. The molecule has 0 amide bonds. The summed E-state index contributed by atoms with van der Waals surface area (Å²) < 4.78 is 15.9. The smallest absolute Gasteiger partial charge is 0.129 e. The zero-order valence-electron chi connectivity index (χ0n) is 11.2. The maximum atomic E-state index is 6.15. The van der Waals surface area contributed by atoms with Gasteiger partial charge in [-0.2, -0.15) is 0 Å². The molecule has 17 heavy (non-hydrogen) atoms. The quantitative estimate of drug-likeness (QED) is 0.854. The maximum Gasteiger partial charge on any atom is 0.129 e. The Morgan fingerprint density at radius 3 is 2.18 bits per heavy atom. The predicted octanol–water partition coefficient (Wildman–Crippen LogP) is 2.04. The van der Waals surface area contributed by atoms with Crippen LogP contribution in [0.5, 0.6) is 11.5 Å². The van der Waals surface area contributed by atoms with Gasteiger partial charge in [-0.15, -0.1) is 0 Å². The van der Waals surface area contributed by atoms with Gasteiger partial charge in [0, 0.05) is 23.8 Å². The van der Waals surface area contributed by atoms with Crippen LogP contribution in [0.25, 0.3) is 0 Å². The van der Waals surface area contributed by atoms with Gasteiger partial charge in [-0.05, 0) is 26.0 Å². The van der Waals surface area contributed by atoms with E-state index >= 15 is 0 Å². The fourth-order valence-electron chi connectivity index (χ4n) is 1.76. The highest BCUT2D eigenvalue weighted by molar-refractivity contribution is 5.49. The summed E-state index contributed by atoms with van der Waals surface area (Å²) in [7, 11) is 4.91. The van der Waals surface area contributed by atoms with Gasteiger partial charge in [0.05, 0.1) is 20.8 Å². The van der Waals surface area contributed by atoms with Crippen LogP contribution in [0, 0.1) is 0 Å². The molecule has 0 aliphatic heterocycles. The van der Waals surface area contributed by atoms with E-state index in [2.05, 4.69) is 0 Å². The number of hydrogen-bond donors (Lipinski definition) is 1. The Morgan fingerprint density at radius 2 is 1.76 bits per heavy atom. The van der Waals surface area contributed by atoms with Gasteiger partial charge in [0.15, 0.2) is 0 Å². The summed E-state index contributed by atoms with van der Waals surface area (Å²) in [5.74, 6) is 1.52. The van der Waals surface area contributed by atoms with Crippen LogP contribution in [0.2, 0.25) is 0 Å². The fraction of sp³-hybridized carbons (Fsp3) is 0.538. The summed E-state index contributed by atoms with van der Waals surface area (Å²) in [5, 5.41) is 0. The zero-order chi connectivity index (χ0) is 13.1. The first kappa shape index (κ1) is 13.8. The molecule has 0 aromatic heterocycles. The van der Waals surface area contributed by atoms with Crippen molar-refractivity contribution in [3.63, 3.8) is 0 Å². The Kier molecular flexibility index (Phi) is 4.37. The summed E-state index contributed by atoms with van der Waals surface area (Å²) in [5.41, 5.74) is 7.49. The maximum absolute atomic E-state index is 6.15. The lowest BCUT2D eigenvalue weighted by atomic mass is 9.92. The minimum atomic E-state index is -0.498. The van der Waals surface area contributed by atoms with Crippen LogP contribution in [0.3, 0.4) is 0 Å². The lowest BCUT2D eigenvalue weighted by Gasteiger charge is -2.24. The first-order valence-electron chi connectivity index (χ1n) is 5.47. The van der Waals surface area contributed by atoms with Crippen molar-refractivity contribution in [3.05, 3.63) is 23.3 Å². The van der Waals surface area contributed by atoms with Crippen LogP contribution in [0.4, 0.5) is 0 Å². The first-order chi connectivity index (χ1) is 7.93. The normalized spacial score (nSPS) is 11.4. The Hall–Kier alpha value is -1.26. The van der Waals surface area contributed by atoms with Crippen LogP contribution >= 0.6 is 0 Å². The van der Waals surface area contributed by atoms with Gasteiger partial charge < -0.3 is 19.9 Å². The Morgan fingerprint density at radius 1 is 1.12 bits per heavy atom. The monoisotopic (exact) mass is 239 g/mol. The van der Waals surface area contributed by atoms with Gasteiger partial charge in [0.2, 0.25) is 0 Å². The van der Waals surface area contributed by atoms with E-state index in [1.54, 1.807) is 21.3 Å². The second-order valence-corrected chi connectivity index (χ2v) is 4.52. The van der Waals surface area contributed by atoms with E-state index < -0.39 is 5.54 Å². The van der Waals surface area contributed by atoms with Crippen LogP contribution in [-0.4, -0.2) is 21.3 Å². The molecule has 4 nitrogen and oxygen atoms in total. The molecule has 0 saturated heterocycles. The summed E-state index contributed by atoms with van der Waals surface area (Å²) in [6.07, 6.45) is 0. The van der Waals surface area contributed by atoms with Crippen molar-refractivity contribution < 1.29 is 14.2 Å². The van der Waals surface area contributed by atoms with Crippen molar-refractivity contribution in [1.29, 1.82) is 0 Å². The summed E-state index contributed by atoms with van der Waals surface area (Å²) in [6.45, 7) is 4.32. The molecule has 96 valence electrons. The number of hydrogen-bond acceptors (Lipinski definition) is 4. The second kappa shape index (κ2) is 5.38. The molecule has 0 spiro atoms. The Balaban J connectivity index is 3.39. The number of ether oxygens (including phenoxy) is 3. The van der Waals surface area contributed by atoms with Crippen LogP contribution in [-0.2, 0) is 16.9 Å². The predicted molar refractivity (Wildman–Crippen MR) is 67.5 cm³/mol. The molecule has 0 aliphatic rings. The number of nitrogens with two attached hydrogens (primary N) is 1. The first-order valence-corrected chi connectivity index (χ1v) is 5.47. The van der Waals surface area contributed by atoms with Gasteiger partial charge in [0.25, 0.3) is 0 Å². The summed E-state index contributed by atoms with van der Waals surface area (Å²) >= 11 is 0. The topological polar surface area (TPSA) is 53.7 Å². The van der Waals surface area contributed by atoms with E-state index in [1.807, 2.05) is 26.0 Å². The molecule has 4 heteroatoms. The number of rotatable bonds is 5. The molecule has 0 atom stereocenters. The van der Waals surface area contributed by atoms with Crippen molar-refractivity contribution in [3.8, 4) is 11.5 Å². The van der Waals surface area contributed by atoms with E-state index in [1.165, 1.54) is 0 Å². The summed E-state index contributed by atoms with van der Waals surface area (Å²) in [4.78, 5) is 0. The number of benzene rings is 1. The van der Waals surface area contributed by atoms with Gasteiger partial charge in [-0.3, -0.25) is 0 Å². The SMILES string of the molecule is COCc1cc(OC)cc(C(C)(C)N)c1OC. The average Bonchev–Trinajstić information content (AvgIpc) is 2.27. The highest BCUT2D eigenvalue weighted by Gasteiger charge is 2.23. The van der Waals surface area contributed by atoms with Crippen molar-refractivity contribution in [1.82, 2.24) is 0 Å². The third-order valence-corrected chi connectivity index (χ3v) is 2.57. The Bertz CT molecular complexity index is 383. The van der Waals surface area contributed by atoms with E-state index in [0.717, 1.165) is 22.6 Å². The lowest BCUT2D eigenvalue weighted by Crippen LogP contribution is -2.29. The minimum Gasteiger partial charge on any atom is -0.497 e. The standard InChI is InChI=1S/C13H21NO3/c1-13(2,14)11-7-10(16-4)6-9(8-15-3)12(11)17-5/h6-7H,8,14H2,1-5H3. The second-order valence-electron chi connectivity index (χ2n) is 4.52. The fourth-order valence-corrected chi connectivity index (χ4v) is 1.76. The van der Waals surface area contributed by atoms with Crippen molar-refractivity contribution >= 4 is 0 Å². The third-order valence-electron chi connectivity index (χ3n) is 2.57. The van der Waals surface area contributed by atoms with Crippen LogP contribution < -0.4 is 15.2 Å². The van der Waals surface area contributed by atoms with E-state index in [-0.39, 0.29) is 0 Å². The molecule has 2 N–H and O–H groups in total. The number of methoxy groups -OCH3 is 3. The molecule has 1 aromatic rings. The van der Waals surface area contributed by atoms with Crippen LogP contribution in [0.15, 0.2) is 12.1 Å². The molecule has 0 unspecified atom stereocenters. The molecule has 1 aromatic carbocycles. The molecule has 0 saturated carbocycles. The van der Waals surface area contributed by atoms with Crippen molar-refractivity contribution in [2.24, 2.45) is 5.73 Å². The van der Waals surface area contributed by atoms with E-state index in [4.69, 9.17) is 19.9 Å². The molecular formula is C13H21NO3. The van der Waals surface area contributed by atoms with Crippen molar-refractivity contribution in [2.75, 3.05) is 21.3 Å². The summed E-state index contributed by atoms with van der Waals surface area (Å²) in [6, 6.07) is 3.80. The van der Waals surface area contributed by atoms with E-state index in [0.29, 0.717) is 6.61 Å². The molecule has 0 heterocycles. The molecule has 1 rings (SSSR count). The van der Waals surface area contributed by atoms with Gasteiger partial charge in [-0.25, -0.2) is 0 Å². The average molecular weight is 239 g/mol. The lowest BCUT2D eigenvalue weighted by molar-refractivity contribution is 0.181. The highest BCUT2D eigenvalue weighted by Crippen LogP contribution is 2.35. The largest absolute Gasteiger partial charge is 0.497 e. The minimum absolute atomic E-state index is 0.462. The molecular weight excluding hydrogens is 218 g/mol. The van der Waals surface area contributed by atoms with Gasteiger partial charge in [-0.1, -0.05) is 0 Å². The third kappa shape index (κ3) is 3.11. The van der Waals surface area contributed by atoms with E-state index in [9.17, 15) is 0 Å². The zero-order valence-corrected chi connectivity index (χ0v) is 11.2. The van der Waals surface area contributed by atoms with Crippen molar-refractivity contribution in [2.45, 2.75) is 26.0 Å². The highest BCUT2D eigenvalue weighted by atomic mass is 16.5. The molecule has 0 bridgehead atoms. The Labute approximate surface area is 103 Å². The van der Waals surface area contributed by atoms with Crippen LogP contribution in [0.1, 0.15) is 25.0 Å².